The average Bonchev–Trinajstić information content (AvgIpc) is 2.39. The SMILES string of the molecule is COc1nc(-c2cnc(SC)nn2)ccc1Cl. The van der Waals surface area contributed by atoms with Crippen molar-refractivity contribution in [3.05, 3.63) is 23.4 Å². The van der Waals surface area contributed by atoms with Crippen LogP contribution >= 0.6 is 23.4 Å². The third kappa shape index (κ3) is 2.65. The molecule has 0 radical (unpaired) electrons. The Morgan fingerprint density at radius 1 is 1.24 bits per heavy atom. The fraction of sp³-hybridized carbons (Fsp3) is 0.200. The summed E-state index contributed by atoms with van der Waals surface area (Å²) in [5.41, 5.74) is 1.21. The number of nitrogens with zero attached hydrogens (tertiary/aromatic N) is 4. The zero-order valence-corrected chi connectivity index (χ0v) is 10.8. The molecule has 0 unspecified atom stereocenters. The summed E-state index contributed by atoms with van der Waals surface area (Å²) in [6, 6.07) is 3.45. The molecular formula is C10H9ClN4OS. The highest BCUT2D eigenvalue weighted by atomic mass is 35.5. The van der Waals surface area contributed by atoms with Gasteiger partial charge in [-0.2, -0.15) is 0 Å². The van der Waals surface area contributed by atoms with Gasteiger partial charge in [0, 0.05) is 0 Å². The molecule has 0 bridgehead atoms. The monoisotopic (exact) mass is 268 g/mol. The molecule has 0 spiro atoms. The van der Waals surface area contributed by atoms with E-state index in [0.29, 0.717) is 27.4 Å². The smallest absolute Gasteiger partial charge is 0.232 e. The zero-order chi connectivity index (χ0) is 12.3. The molecule has 0 fully saturated rings. The van der Waals surface area contributed by atoms with Crippen LogP contribution in [-0.4, -0.2) is 33.5 Å². The normalized spacial score (nSPS) is 10.3. The van der Waals surface area contributed by atoms with Gasteiger partial charge in [-0.15, -0.1) is 10.2 Å². The number of rotatable bonds is 3. The number of hydrogen-bond acceptors (Lipinski definition) is 6. The number of methoxy groups -OCH3 is 1. The maximum absolute atomic E-state index is 5.89. The van der Waals surface area contributed by atoms with Crippen molar-refractivity contribution in [3.63, 3.8) is 0 Å². The molecule has 0 aliphatic rings. The molecule has 5 nitrogen and oxygen atoms in total. The second kappa shape index (κ2) is 5.29. The summed E-state index contributed by atoms with van der Waals surface area (Å²) in [7, 11) is 1.51. The lowest BCUT2D eigenvalue weighted by atomic mass is 10.3. The number of hydrogen-bond donors (Lipinski definition) is 0. The summed E-state index contributed by atoms with van der Waals surface area (Å²) >= 11 is 7.32. The van der Waals surface area contributed by atoms with Crippen molar-refractivity contribution >= 4 is 23.4 Å². The van der Waals surface area contributed by atoms with Gasteiger partial charge in [0.05, 0.1) is 19.0 Å². The Morgan fingerprint density at radius 3 is 2.65 bits per heavy atom. The molecule has 0 aromatic carbocycles. The van der Waals surface area contributed by atoms with Gasteiger partial charge in [-0.05, 0) is 18.4 Å². The van der Waals surface area contributed by atoms with Crippen LogP contribution in [0, 0.1) is 0 Å². The molecule has 0 saturated heterocycles. The maximum atomic E-state index is 5.89. The summed E-state index contributed by atoms with van der Waals surface area (Å²) in [5.74, 6) is 0.361. The largest absolute Gasteiger partial charge is 0.480 e. The summed E-state index contributed by atoms with van der Waals surface area (Å²) in [6.07, 6.45) is 3.51. The van der Waals surface area contributed by atoms with Crippen LogP contribution in [-0.2, 0) is 0 Å². The highest BCUT2D eigenvalue weighted by Gasteiger charge is 2.08. The van der Waals surface area contributed by atoms with Crippen LogP contribution < -0.4 is 4.74 Å². The Morgan fingerprint density at radius 2 is 2.06 bits per heavy atom. The molecule has 88 valence electrons. The lowest BCUT2D eigenvalue weighted by Gasteiger charge is -2.04. The second-order valence-corrected chi connectivity index (χ2v) is 4.20. The van der Waals surface area contributed by atoms with Crippen molar-refractivity contribution in [3.8, 4) is 17.3 Å². The first kappa shape index (κ1) is 12.1. The van der Waals surface area contributed by atoms with E-state index in [-0.39, 0.29) is 0 Å². The number of pyridine rings is 1. The first-order valence-electron chi connectivity index (χ1n) is 4.69. The Bertz CT molecular complexity index is 520. The molecule has 0 saturated carbocycles. The van der Waals surface area contributed by atoms with Crippen LogP contribution in [0.1, 0.15) is 0 Å². The van der Waals surface area contributed by atoms with Crippen LogP contribution in [0.2, 0.25) is 5.02 Å². The molecule has 0 aliphatic heterocycles. The van der Waals surface area contributed by atoms with Crippen molar-refractivity contribution in [2.45, 2.75) is 5.16 Å². The van der Waals surface area contributed by atoms with Crippen molar-refractivity contribution in [1.29, 1.82) is 0 Å². The fourth-order valence-corrected chi connectivity index (χ4v) is 1.65. The molecule has 7 heteroatoms. The van der Waals surface area contributed by atoms with Gasteiger partial charge in [-0.25, -0.2) is 9.97 Å². The van der Waals surface area contributed by atoms with E-state index >= 15 is 0 Å². The molecular weight excluding hydrogens is 260 g/mol. The van der Waals surface area contributed by atoms with Gasteiger partial charge in [0.15, 0.2) is 0 Å². The Kier molecular flexibility index (Phi) is 3.75. The summed E-state index contributed by atoms with van der Waals surface area (Å²) in [6.45, 7) is 0. The van der Waals surface area contributed by atoms with E-state index < -0.39 is 0 Å². The highest BCUT2D eigenvalue weighted by molar-refractivity contribution is 7.98. The molecule has 0 N–H and O–H groups in total. The summed E-state index contributed by atoms with van der Waals surface area (Å²) in [5, 5.41) is 9.05. The van der Waals surface area contributed by atoms with E-state index in [9.17, 15) is 0 Å². The van der Waals surface area contributed by atoms with Gasteiger partial charge in [0.25, 0.3) is 0 Å². The molecule has 2 rings (SSSR count). The Balaban J connectivity index is 2.38. The third-order valence-electron chi connectivity index (χ3n) is 1.99. The van der Waals surface area contributed by atoms with Crippen LogP contribution in [0.3, 0.4) is 0 Å². The van der Waals surface area contributed by atoms with Gasteiger partial charge in [0.1, 0.15) is 10.7 Å². The minimum Gasteiger partial charge on any atom is -0.480 e. The van der Waals surface area contributed by atoms with Gasteiger partial charge in [0.2, 0.25) is 11.0 Å². The quantitative estimate of drug-likeness (QED) is 0.796. The first-order valence-corrected chi connectivity index (χ1v) is 6.29. The summed E-state index contributed by atoms with van der Waals surface area (Å²) < 4.78 is 5.04. The van der Waals surface area contributed by atoms with Crippen LogP contribution in [0.25, 0.3) is 11.4 Å². The molecule has 0 atom stereocenters. The summed E-state index contributed by atoms with van der Waals surface area (Å²) in [4.78, 5) is 8.34. The van der Waals surface area contributed by atoms with E-state index in [2.05, 4.69) is 20.2 Å². The molecule has 17 heavy (non-hydrogen) atoms. The number of aromatic nitrogens is 4. The third-order valence-corrected chi connectivity index (χ3v) is 2.83. The second-order valence-electron chi connectivity index (χ2n) is 3.02. The first-order chi connectivity index (χ1) is 8.24. The van der Waals surface area contributed by atoms with E-state index in [4.69, 9.17) is 16.3 Å². The maximum Gasteiger partial charge on any atom is 0.232 e. The fourth-order valence-electron chi connectivity index (χ4n) is 1.18. The van der Waals surface area contributed by atoms with Crippen LogP contribution in [0.4, 0.5) is 0 Å². The number of ether oxygens (including phenoxy) is 1. The standard InChI is InChI=1S/C10H9ClN4OS/c1-16-9-6(11)3-4-7(13-9)8-5-12-10(17-2)15-14-8/h3-5H,1-2H3. The van der Waals surface area contributed by atoms with Gasteiger partial charge in [-0.1, -0.05) is 23.4 Å². The molecule has 2 aromatic rings. The van der Waals surface area contributed by atoms with Gasteiger partial charge < -0.3 is 4.74 Å². The predicted octanol–water partition coefficient (Wildman–Crippen LogP) is 2.32. The van der Waals surface area contributed by atoms with Crippen molar-refractivity contribution in [1.82, 2.24) is 20.2 Å². The van der Waals surface area contributed by atoms with Crippen molar-refractivity contribution in [2.24, 2.45) is 0 Å². The van der Waals surface area contributed by atoms with E-state index in [1.165, 1.54) is 18.9 Å². The van der Waals surface area contributed by atoms with Crippen molar-refractivity contribution in [2.75, 3.05) is 13.4 Å². The molecule has 0 aliphatic carbocycles. The number of thioether (sulfide) groups is 1. The zero-order valence-electron chi connectivity index (χ0n) is 9.22. The Labute approximate surface area is 108 Å². The lowest BCUT2D eigenvalue weighted by Crippen LogP contribution is -1.96. The highest BCUT2D eigenvalue weighted by Crippen LogP contribution is 2.25. The lowest BCUT2D eigenvalue weighted by molar-refractivity contribution is 0.398. The van der Waals surface area contributed by atoms with Gasteiger partial charge in [-0.3, -0.25) is 0 Å². The number of halogens is 1. The topological polar surface area (TPSA) is 60.8 Å². The molecule has 0 amide bonds. The average molecular weight is 269 g/mol. The van der Waals surface area contributed by atoms with Crippen LogP contribution in [0.5, 0.6) is 5.88 Å². The Hall–Kier alpha value is -1.40. The van der Waals surface area contributed by atoms with Gasteiger partial charge >= 0.3 is 0 Å². The minimum absolute atomic E-state index is 0.361. The molecule has 2 aromatic heterocycles. The molecule has 2 heterocycles. The van der Waals surface area contributed by atoms with Crippen molar-refractivity contribution < 1.29 is 4.74 Å². The van der Waals surface area contributed by atoms with E-state index in [0.717, 1.165) is 0 Å². The van der Waals surface area contributed by atoms with E-state index in [1.807, 2.05) is 6.26 Å². The minimum atomic E-state index is 0.361. The predicted molar refractivity (Wildman–Crippen MR) is 66.4 cm³/mol. The van der Waals surface area contributed by atoms with Crippen LogP contribution in [0.15, 0.2) is 23.5 Å². The van der Waals surface area contributed by atoms with E-state index in [1.54, 1.807) is 18.3 Å².